The predicted molar refractivity (Wildman–Crippen MR) is 97.9 cm³/mol. The third-order valence-electron chi connectivity index (χ3n) is 3.97. The number of aryl methyl sites for hydroxylation is 1. The van der Waals surface area contributed by atoms with Crippen LogP contribution < -0.4 is 0 Å². The number of thioether (sulfide) groups is 1. The lowest BCUT2D eigenvalue weighted by atomic mass is 10.1. The van der Waals surface area contributed by atoms with E-state index in [4.69, 9.17) is 4.42 Å². The van der Waals surface area contributed by atoms with Crippen LogP contribution in [0.5, 0.6) is 0 Å². The highest BCUT2D eigenvalue weighted by atomic mass is 32.2. The Labute approximate surface area is 155 Å². The lowest BCUT2D eigenvalue weighted by Crippen LogP contribution is -2.34. The van der Waals surface area contributed by atoms with Crippen LogP contribution in [-0.4, -0.2) is 32.1 Å². The lowest BCUT2D eigenvalue weighted by Gasteiger charge is -2.31. The maximum Gasteiger partial charge on any atom is 0.334 e. The standard InChI is InChI=1S/C19H19FN2O3S/c20-15-7-5-14(6-8-15)3-2-12-26-18-16(19(23)24)4-1-10-22(18)13-17-21-9-11-25-17/h1,4-11,18H,2-3,12-13H2,(H,23,24). The van der Waals surface area contributed by atoms with Crippen LogP contribution in [0.3, 0.4) is 0 Å². The number of oxazole rings is 1. The Balaban J connectivity index is 1.59. The molecule has 0 bridgehead atoms. The van der Waals surface area contributed by atoms with Gasteiger partial charge in [0.2, 0.25) is 5.89 Å². The fourth-order valence-electron chi connectivity index (χ4n) is 2.70. The number of aromatic nitrogens is 1. The van der Waals surface area contributed by atoms with Gasteiger partial charge in [0.05, 0.1) is 18.3 Å². The van der Waals surface area contributed by atoms with E-state index in [2.05, 4.69) is 4.98 Å². The average molecular weight is 374 g/mol. The van der Waals surface area contributed by atoms with Gasteiger partial charge in [0, 0.05) is 6.20 Å². The molecule has 0 fully saturated rings. The molecule has 1 aromatic carbocycles. The molecule has 1 N–H and O–H groups in total. The van der Waals surface area contributed by atoms with E-state index in [9.17, 15) is 14.3 Å². The smallest absolute Gasteiger partial charge is 0.334 e. The van der Waals surface area contributed by atoms with Crippen molar-refractivity contribution in [3.05, 3.63) is 77.9 Å². The first-order valence-corrected chi connectivity index (χ1v) is 9.30. The third-order valence-corrected chi connectivity index (χ3v) is 5.33. The molecular weight excluding hydrogens is 355 g/mol. The summed E-state index contributed by atoms with van der Waals surface area (Å²) < 4.78 is 18.2. The maximum atomic E-state index is 12.9. The van der Waals surface area contributed by atoms with Crippen LogP contribution in [0, 0.1) is 5.82 Å². The molecule has 1 atom stereocenters. The molecule has 1 aliphatic heterocycles. The van der Waals surface area contributed by atoms with Gasteiger partial charge in [0.25, 0.3) is 0 Å². The summed E-state index contributed by atoms with van der Waals surface area (Å²) in [5.41, 5.74) is 1.41. The van der Waals surface area contributed by atoms with Gasteiger partial charge < -0.3 is 14.4 Å². The molecule has 136 valence electrons. The number of aliphatic carboxylic acids is 1. The summed E-state index contributed by atoms with van der Waals surface area (Å²) in [4.78, 5) is 17.6. The Bertz CT molecular complexity index is 788. The Morgan fingerprint density at radius 1 is 1.35 bits per heavy atom. The van der Waals surface area contributed by atoms with Crippen molar-refractivity contribution >= 4 is 17.7 Å². The first-order valence-electron chi connectivity index (χ1n) is 8.25. The zero-order valence-electron chi connectivity index (χ0n) is 14.0. The van der Waals surface area contributed by atoms with Crippen LogP contribution in [0.25, 0.3) is 0 Å². The normalized spacial score (nSPS) is 16.6. The topological polar surface area (TPSA) is 66.6 Å². The van der Waals surface area contributed by atoms with Gasteiger partial charge in [-0.1, -0.05) is 12.1 Å². The van der Waals surface area contributed by atoms with Gasteiger partial charge in [-0.25, -0.2) is 14.2 Å². The number of benzene rings is 1. The average Bonchev–Trinajstić information content (AvgIpc) is 3.14. The molecular formula is C19H19FN2O3S. The summed E-state index contributed by atoms with van der Waals surface area (Å²) in [6.45, 7) is 0.406. The molecule has 0 saturated heterocycles. The van der Waals surface area contributed by atoms with Gasteiger partial charge >= 0.3 is 5.97 Å². The highest BCUT2D eigenvalue weighted by Gasteiger charge is 2.28. The molecule has 0 spiro atoms. The quantitative estimate of drug-likeness (QED) is 0.708. The summed E-state index contributed by atoms with van der Waals surface area (Å²) in [5, 5.41) is 9.19. The summed E-state index contributed by atoms with van der Waals surface area (Å²) in [6, 6.07) is 6.47. The Morgan fingerprint density at radius 3 is 2.85 bits per heavy atom. The number of nitrogens with zero attached hydrogens (tertiary/aromatic N) is 2. The first kappa shape index (κ1) is 18.3. The molecule has 1 aliphatic rings. The second-order valence-electron chi connectivity index (χ2n) is 5.82. The first-order chi connectivity index (χ1) is 12.6. The molecule has 0 aliphatic carbocycles. The van der Waals surface area contributed by atoms with Crippen LogP contribution in [0.15, 0.2) is 65.1 Å². The summed E-state index contributed by atoms with van der Waals surface area (Å²) in [7, 11) is 0. The number of carbonyl (C=O) groups is 1. The fourth-order valence-corrected chi connectivity index (χ4v) is 3.93. The van der Waals surface area contributed by atoms with E-state index in [0.717, 1.165) is 24.2 Å². The van der Waals surface area contributed by atoms with Crippen LogP contribution in [0.2, 0.25) is 0 Å². The van der Waals surface area contributed by atoms with Crippen LogP contribution in [0.1, 0.15) is 17.9 Å². The van der Waals surface area contributed by atoms with E-state index in [-0.39, 0.29) is 11.2 Å². The van der Waals surface area contributed by atoms with Crippen LogP contribution in [-0.2, 0) is 17.8 Å². The summed E-state index contributed by atoms with van der Waals surface area (Å²) in [6.07, 6.45) is 9.98. The van der Waals surface area contributed by atoms with Gasteiger partial charge in [0.15, 0.2) is 0 Å². The van der Waals surface area contributed by atoms with Crippen molar-refractivity contribution in [1.29, 1.82) is 0 Å². The van der Waals surface area contributed by atoms with E-state index in [0.29, 0.717) is 18.0 Å². The third kappa shape index (κ3) is 4.76. The van der Waals surface area contributed by atoms with E-state index in [1.54, 1.807) is 42.2 Å². The number of hydrogen-bond acceptors (Lipinski definition) is 5. The number of carboxylic acids is 1. The van der Waals surface area contributed by atoms with E-state index in [1.165, 1.54) is 18.4 Å². The largest absolute Gasteiger partial charge is 0.478 e. The van der Waals surface area contributed by atoms with Gasteiger partial charge in [-0.3, -0.25) is 0 Å². The van der Waals surface area contributed by atoms with E-state index >= 15 is 0 Å². The second kappa shape index (κ2) is 8.71. The fraction of sp³-hybridized carbons (Fsp3) is 0.263. The van der Waals surface area contributed by atoms with Gasteiger partial charge in [-0.15, -0.1) is 11.8 Å². The number of allylic oxidation sites excluding steroid dienone is 2. The molecule has 1 unspecified atom stereocenters. The van der Waals surface area contributed by atoms with Gasteiger partial charge in [0.1, 0.15) is 17.5 Å². The molecule has 0 amide bonds. The minimum absolute atomic E-state index is 0.240. The summed E-state index contributed by atoms with van der Waals surface area (Å²) in [5.74, 6) is 0.152. The molecule has 0 radical (unpaired) electrons. The SMILES string of the molecule is O=C(O)C1=CC=CN(Cc2ncco2)C1SCCCc1ccc(F)cc1. The van der Waals surface area contributed by atoms with Crippen molar-refractivity contribution in [3.63, 3.8) is 0 Å². The van der Waals surface area contributed by atoms with Gasteiger partial charge in [-0.05, 0) is 48.4 Å². The lowest BCUT2D eigenvalue weighted by molar-refractivity contribution is -0.133. The molecule has 1 aromatic heterocycles. The molecule has 2 aromatic rings. The molecule has 3 rings (SSSR count). The van der Waals surface area contributed by atoms with Gasteiger partial charge in [-0.2, -0.15) is 0 Å². The second-order valence-corrected chi connectivity index (χ2v) is 7.01. The maximum absolute atomic E-state index is 12.9. The van der Waals surface area contributed by atoms with Crippen LogP contribution >= 0.6 is 11.8 Å². The highest BCUT2D eigenvalue weighted by Crippen LogP contribution is 2.29. The number of halogens is 1. The summed E-state index contributed by atoms with van der Waals surface area (Å²) >= 11 is 1.57. The molecule has 5 nitrogen and oxygen atoms in total. The number of rotatable bonds is 8. The zero-order valence-corrected chi connectivity index (χ0v) is 14.9. The van der Waals surface area contributed by atoms with Crippen molar-refractivity contribution in [3.8, 4) is 0 Å². The Hall–Kier alpha value is -2.54. The van der Waals surface area contributed by atoms with Crippen molar-refractivity contribution in [2.45, 2.75) is 24.8 Å². The minimum atomic E-state index is -0.928. The van der Waals surface area contributed by atoms with E-state index in [1.807, 2.05) is 11.1 Å². The van der Waals surface area contributed by atoms with Crippen molar-refractivity contribution in [2.24, 2.45) is 0 Å². The Kier molecular flexibility index (Phi) is 6.12. The van der Waals surface area contributed by atoms with Crippen LogP contribution in [0.4, 0.5) is 4.39 Å². The number of carboxylic acid groups (broad SMARTS) is 1. The van der Waals surface area contributed by atoms with Crippen molar-refractivity contribution in [1.82, 2.24) is 9.88 Å². The monoisotopic (exact) mass is 374 g/mol. The molecule has 26 heavy (non-hydrogen) atoms. The van der Waals surface area contributed by atoms with E-state index < -0.39 is 5.97 Å². The predicted octanol–water partition coefficient (Wildman–Crippen LogP) is 3.85. The van der Waals surface area contributed by atoms with Crippen molar-refractivity contribution < 1.29 is 18.7 Å². The molecule has 0 saturated carbocycles. The van der Waals surface area contributed by atoms with Crippen molar-refractivity contribution in [2.75, 3.05) is 5.75 Å². The Morgan fingerprint density at radius 2 is 2.15 bits per heavy atom. The number of hydrogen-bond donors (Lipinski definition) is 1. The minimum Gasteiger partial charge on any atom is -0.478 e. The molecule has 2 heterocycles. The zero-order chi connectivity index (χ0) is 18.4. The highest BCUT2D eigenvalue weighted by molar-refractivity contribution is 8.00. The molecule has 7 heteroatoms.